The largest absolute Gasteiger partial charge is 0.506 e. The number of rotatable bonds is 7. The minimum Gasteiger partial charge on any atom is -0.506 e. The van der Waals surface area contributed by atoms with Crippen LogP contribution in [-0.4, -0.2) is 77.2 Å². The topological polar surface area (TPSA) is 122 Å². The Hall–Kier alpha value is -2.48. The van der Waals surface area contributed by atoms with E-state index in [-0.39, 0.29) is 47.5 Å². The van der Waals surface area contributed by atoms with Crippen molar-refractivity contribution < 1.29 is 28.5 Å². The molecule has 3 aromatic heterocycles. The van der Waals surface area contributed by atoms with Crippen LogP contribution in [0.1, 0.15) is 70.0 Å². The smallest absolute Gasteiger partial charge is 0.301 e. The predicted molar refractivity (Wildman–Crippen MR) is 168 cm³/mol. The second-order valence-corrected chi connectivity index (χ2v) is 19.1. The lowest BCUT2D eigenvalue weighted by Gasteiger charge is -2.39. The van der Waals surface area contributed by atoms with Gasteiger partial charge in [0.15, 0.2) is 20.1 Å². The van der Waals surface area contributed by atoms with Crippen molar-refractivity contribution >= 4 is 36.9 Å². The number of nitrogens with one attached hydrogen (secondary N) is 1. The zero-order chi connectivity index (χ0) is 30.8. The van der Waals surface area contributed by atoms with Crippen molar-refractivity contribution in [3.8, 4) is 11.8 Å². The summed E-state index contributed by atoms with van der Waals surface area (Å²) < 4.78 is 34.0. The summed E-state index contributed by atoms with van der Waals surface area (Å²) in [7, 11) is -2.00. The van der Waals surface area contributed by atoms with Crippen molar-refractivity contribution in [3.63, 3.8) is 0 Å². The van der Waals surface area contributed by atoms with Crippen LogP contribution in [0.3, 0.4) is 0 Å². The number of halogens is 1. The van der Waals surface area contributed by atoms with Crippen molar-refractivity contribution in [2.24, 2.45) is 0 Å². The van der Waals surface area contributed by atoms with E-state index in [2.05, 4.69) is 44.2 Å². The average molecular weight is 644 g/mol. The van der Waals surface area contributed by atoms with Crippen LogP contribution in [0, 0.1) is 0 Å². The maximum Gasteiger partial charge on any atom is 0.301 e. The number of nitrogens with zero attached hydrogens (tertiary/aromatic N) is 4. The van der Waals surface area contributed by atoms with Gasteiger partial charge in [0, 0.05) is 6.61 Å². The molecule has 238 valence electrons. The van der Waals surface area contributed by atoms with Crippen molar-refractivity contribution in [2.45, 2.75) is 108 Å². The van der Waals surface area contributed by atoms with E-state index in [1.54, 1.807) is 6.07 Å². The molecule has 6 heterocycles. The molecule has 3 saturated heterocycles. The Morgan fingerprint density at radius 3 is 2.57 bits per heavy atom. The van der Waals surface area contributed by atoms with Crippen LogP contribution >= 0.6 is 11.6 Å². The van der Waals surface area contributed by atoms with Gasteiger partial charge in [-0.2, -0.15) is 4.98 Å². The minimum atomic E-state index is -2.00. The zero-order valence-electron chi connectivity index (χ0n) is 26.0. The van der Waals surface area contributed by atoms with Crippen LogP contribution in [0.4, 0.5) is 5.82 Å². The molecule has 3 aliphatic heterocycles. The first-order valence-corrected chi connectivity index (χ1v) is 19.0. The molecular weight excluding hydrogens is 602 g/mol. The van der Waals surface area contributed by atoms with Gasteiger partial charge in [-0.25, -0.2) is 4.98 Å². The molecule has 2 N–H and O–H groups in total. The summed E-state index contributed by atoms with van der Waals surface area (Å²) in [5.41, 5.74) is 3.19. The predicted octanol–water partition coefficient (Wildman–Crippen LogP) is 5.92. The normalized spacial score (nSPS) is 28.8. The van der Waals surface area contributed by atoms with E-state index >= 15 is 0 Å². The van der Waals surface area contributed by atoms with E-state index in [0.717, 1.165) is 43.4 Å². The lowest BCUT2D eigenvalue weighted by atomic mass is 10.1. The van der Waals surface area contributed by atoms with E-state index in [1.165, 1.54) is 6.20 Å². The van der Waals surface area contributed by atoms with Gasteiger partial charge in [-0.15, -0.1) is 0 Å². The molecule has 3 aromatic rings. The van der Waals surface area contributed by atoms with E-state index in [4.69, 9.17) is 44.9 Å². The molecule has 0 saturated carbocycles. The summed E-state index contributed by atoms with van der Waals surface area (Å²) >= 11 is 6.77. The summed E-state index contributed by atoms with van der Waals surface area (Å²) in [6, 6.07) is 3.94. The number of hydrogen-bond donors (Lipinski definition) is 2. The van der Waals surface area contributed by atoms with Gasteiger partial charge in [0.05, 0.1) is 42.3 Å². The first-order chi connectivity index (χ1) is 21.0. The fraction of sp³-hybridized carbons (Fsp3) is 0.645. The molecule has 0 aromatic carbocycles. The van der Waals surface area contributed by atoms with Gasteiger partial charge in [-0.3, -0.25) is 9.55 Å². The molecule has 11 nitrogen and oxygen atoms in total. The number of ether oxygens (including phenoxy) is 4. The summed E-state index contributed by atoms with van der Waals surface area (Å²) in [6.45, 7) is 12.7. The first-order valence-electron chi connectivity index (χ1n) is 15.7. The molecule has 13 heteroatoms. The van der Waals surface area contributed by atoms with Gasteiger partial charge >= 0.3 is 6.01 Å². The Morgan fingerprint density at radius 1 is 1.05 bits per heavy atom. The van der Waals surface area contributed by atoms with Gasteiger partial charge in [0.1, 0.15) is 35.5 Å². The minimum absolute atomic E-state index is 0.0698. The lowest BCUT2D eigenvalue weighted by Crippen LogP contribution is -2.47. The Balaban J connectivity index is 1.16. The van der Waals surface area contributed by atoms with Gasteiger partial charge in [-0.1, -0.05) is 32.4 Å². The zero-order valence-corrected chi connectivity index (χ0v) is 27.8. The highest BCUT2D eigenvalue weighted by molar-refractivity contribution is 6.74. The molecule has 0 bridgehead atoms. The molecule has 0 amide bonds. The number of pyridine rings is 2. The standard InChI is InChI=1S/C31H42ClN5O6Si/c1-31(2,3)44(4,5)43-23-16-41-26-22(15-40-27(23)26)42-30-35-21-13-19(32)28(36-29(21)37(30)24-8-6-7-11-39-24)34-20-10-9-17-12-18(38)14-33-25(17)20/h12-14,20,22-24,26-27,38H,6-11,15-16H2,1-5H3,(H,34,36)/t20?,22-,23-,24?,26-,27-/m1/s1. The van der Waals surface area contributed by atoms with E-state index < -0.39 is 8.32 Å². The van der Waals surface area contributed by atoms with Gasteiger partial charge < -0.3 is 33.8 Å². The molecule has 44 heavy (non-hydrogen) atoms. The molecule has 7 rings (SSSR count). The third-order valence-electron chi connectivity index (χ3n) is 9.83. The third-order valence-corrected chi connectivity index (χ3v) is 14.6. The molecular formula is C31H42ClN5O6Si. The second kappa shape index (κ2) is 11.4. The quantitative estimate of drug-likeness (QED) is 0.300. The van der Waals surface area contributed by atoms with Crippen LogP contribution < -0.4 is 10.1 Å². The maximum atomic E-state index is 9.86. The Bertz CT molecular complexity index is 1540. The molecule has 2 unspecified atom stereocenters. The van der Waals surface area contributed by atoms with Gasteiger partial charge in [0.25, 0.3) is 0 Å². The van der Waals surface area contributed by atoms with Crippen LogP contribution in [0.25, 0.3) is 11.2 Å². The monoisotopic (exact) mass is 643 g/mol. The van der Waals surface area contributed by atoms with Crippen molar-refractivity contribution in [2.75, 3.05) is 25.1 Å². The van der Waals surface area contributed by atoms with E-state index in [1.807, 2.05) is 10.6 Å². The van der Waals surface area contributed by atoms with Crippen LogP contribution in [0.15, 0.2) is 18.3 Å². The molecule has 3 fully saturated rings. The highest BCUT2D eigenvalue weighted by Gasteiger charge is 2.52. The fourth-order valence-corrected chi connectivity index (χ4v) is 7.95. The summed E-state index contributed by atoms with van der Waals surface area (Å²) in [5, 5.41) is 13.9. The van der Waals surface area contributed by atoms with Gasteiger partial charge in [-0.05, 0) is 67.9 Å². The first kappa shape index (κ1) is 30.2. The number of aryl methyl sites for hydroxylation is 1. The van der Waals surface area contributed by atoms with Crippen LogP contribution in [0.2, 0.25) is 23.2 Å². The Morgan fingerprint density at radius 2 is 1.82 bits per heavy atom. The van der Waals surface area contributed by atoms with Crippen molar-refractivity contribution in [1.82, 2.24) is 19.5 Å². The molecule has 4 aliphatic rings. The summed E-state index contributed by atoms with van der Waals surface area (Å²) in [6.07, 6.45) is 4.81. The second-order valence-electron chi connectivity index (χ2n) is 13.9. The fourth-order valence-electron chi connectivity index (χ4n) is 6.43. The SMILES string of the molecule is CC(C)(C)[Si](C)(C)O[C@@H]1CO[C@H]2[C@@H]1OC[C@H]2Oc1nc2cc(Cl)c(NC3CCc4cc(O)cnc43)nc2n1C1CCCCO1. The van der Waals surface area contributed by atoms with Crippen LogP contribution in [0.5, 0.6) is 11.8 Å². The van der Waals surface area contributed by atoms with E-state index in [0.29, 0.717) is 47.8 Å². The Labute approximate surface area is 263 Å². The lowest BCUT2D eigenvalue weighted by molar-refractivity contribution is -0.0406. The van der Waals surface area contributed by atoms with E-state index in [9.17, 15) is 5.11 Å². The highest BCUT2D eigenvalue weighted by Crippen LogP contribution is 2.42. The molecule has 6 atom stereocenters. The maximum absolute atomic E-state index is 9.86. The van der Waals surface area contributed by atoms with Crippen LogP contribution in [-0.2, 0) is 25.1 Å². The molecule has 0 spiro atoms. The van der Waals surface area contributed by atoms with Crippen molar-refractivity contribution in [1.29, 1.82) is 0 Å². The molecule has 0 radical (unpaired) electrons. The van der Waals surface area contributed by atoms with Crippen molar-refractivity contribution in [3.05, 3.63) is 34.6 Å². The highest BCUT2D eigenvalue weighted by atomic mass is 35.5. The average Bonchev–Trinajstić information content (AvgIpc) is 3.73. The molecule has 1 aliphatic carbocycles. The third kappa shape index (κ3) is 5.47. The summed E-state index contributed by atoms with van der Waals surface area (Å²) in [4.78, 5) is 14.3. The number of aromatic hydroxyl groups is 1. The Kier molecular flexibility index (Phi) is 7.82. The number of anilines is 1. The summed E-state index contributed by atoms with van der Waals surface area (Å²) in [5.74, 6) is 0.718. The van der Waals surface area contributed by atoms with Gasteiger partial charge in [0.2, 0.25) is 0 Å². The number of fused-ring (bicyclic) bond motifs is 3. The number of hydrogen-bond acceptors (Lipinski definition) is 10. The number of aromatic nitrogens is 4. The number of imidazole rings is 1.